The summed E-state index contributed by atoms with van der Waals surface area (Å²) in [6.07, 6.45) is 0. The molecule has 0 bridgehead atoms. The van der Waals surface area contributed by atoms with Gasteiger partial charge in [0.1, 0.15) is 0 Å². The van der Waals surface area contributed by atoms with Gasteiger partial charge >= 0.3 is 0 Å². The first kappa shape index (κ1) is 11.3. The number of hydrogen-bond donors (Lipinski definition) is 0. The van der Waals surface area contributed by atoms with Crippen molar-refractivity contribution in [2.45, 2.75) is 0 Å². The van der Waals surface area contributed by atoms with Gasteiger partial charge in [-0.15, -0.1) is 0 Å². The fourth-order valence-corrected chi connectivity index (χ4v) is 2.79. The van der Waals surface area contributed by atoms with Gasteiger partial charge in [-0.05, 0) is 24.3 Å². The highest BCUT2D eigenvalue weighted by atomic mass is 19.2. The Kier molecular flexibility index (Phi) is 2.13. The van der Waals surface area contributed by atoms with Crippen molar-refractivity contribution in [3.63, 3.8) is 0 Å². The van der Waals surface area contributed by atoms with Crippen LogP contribution in [0.2, 0.25) is 0 Å². The van der Waals surface area contributed by atoms with Gasteiger partial charge in [0.2, 0.25) is 0 Å². The Balaban J connectivity index is 2.30. The molecule has 2 nitrogen and oxygen atoms in total. The second-order valence-corrected chi connectivity index (χ2v) is 4.86. The number of fused-ring (bicyclic) bond motifs is 4. The van der Waals surface area contributed by atoms with Crippen LogP contribution in [0.15, 0.2) is 42.5 Å². The lowest BCUT2D eigenvalue weighted by Crippen LogP contribution is -1.99. The maximum atomic E-state index is 14.1. The Labute approximate surface area is 113 Å². The summed E-state index contributed by atoms with van der Waals surface area (Å²) in [5, 5.41) is 1.26. The van der Waals surface area contributed by atoms with Gasteiger partial charge in [-0.1, -0.05) is 18.2 Å². The van der Waals surface area contributed by atoms with Gasteiger partial charge < -0.3 is 4.57 Å². The van der Waals surface area contributed by atoms with E-state index < -0.39 is 11.6 Å². The maximum Gasteiger partial charge on any atom is 0.170 e. The number of rotatable bonds is 0. The fourth-order valence-electron chi connectivity index (χ4n) is 2.79. The molecule has 4 heteroatoms. The van der Waals surface area contributed by atoms with E-state index in [0.29, 0.717) is 16.9 Å². The van der Waals surface area contributed by atoms with Crippen molar-refractivity contribution in [1.82, 2.24) is 9.55 Å². The quantitative estimate of drug-likeness (QED) is 0.469. The van der Waals surface area contributed by atoms with Gasteiger partial charge in [0, 0.05) is 18.0 Å². The summed E-state index contributed by atoms with van der Waals surface area (Å²) in [5.74, 6) is -1.68. The molecule has 0 N–H and O–H groups in total. The molecule has 0 amide bonds. The Bertz CT molecular complexity index is 940. The molecule has 2 aliphatic heterocycles. The average molecular weight is 268 g/mol. The molecule has 0 fully saturated rings. The lowest BCUT2D eigenvalue weighted by molar-refractivity contribution is 0.517. The average Bonchev–Trinajstić information content (AvgIpc) is 2.82. The van der Waals surface area contributed by atoms with Crippen molar-refractivity contribution in [3.05, 3.63) is 54.1 Å². The molecule has 2 aliphatic rings. The zero-order chi connectivity index (χ0) is 13.9. The number of para-hydroxylation sites is 1. The summed E-state index contributed by atoms with van der Waals surface area (Å²) in [6, 6.07) is 12.3. The molecule has 0 atom stereocenters. The first-order valence-electron chi connectivity index (χ1n) is 6.28. The van der Waals surface area contributed by atoms with Crippen LogP contribution in [0.5, 0.6) is 0 Å². The molecule has 98 valence electrons. The van der Waals surface area contributed by atoms with Gasteiger partial charge in [-0.2, -0.15) is 0 Å². The topological polar surface area (TPSA) is 17.8 Å². The zero-order valence-electron chi connectivity index (χ0n) is 10.7. The van der Waals surface area contributed by atoms with Crippen molar-refractivity contribution in [1.29, 1.82) is 0 Å². The third-order valence-corrected chi connectivity index (χ3v) is 3.72. The number of nitrogens with zero attached hydrogens (tertiary/aromatic N) is 2. The molecule has 0 saturated carbocycles. The molecular weight excluding hydrogens is 258 g/mol. The summed E-state index contributed by atoms with van der Waals surface area (Å²) in [6.45, 7) is 0. The van der Waals surface area contributed by atoms with E-state index in [9.17, 15) is 8.78 Å². The molecule has 4 rings (SSSR count). The number of hydrogen-bond acceptors (Lipinski definition) is 1. The summed E-state index contributed by atoms with van der Waals surface area (Å²) in [4.78, 5) is 4.40. The molecule has 0 aromatic heterocycles. The molecule has 20 heavy (non-hydrogen) atoms. The van der Waals surface area contributed by atoms with E-state index in [1.54, 1.807) is 0 Å². The molecule has 0 radical (unpaired) electrons. The minimum atomic E-state index is -0.847. The van der Waals surface area contributed by atoms with E-state index in [0.717, 1.165) is 17.0 Å². The van der Waals surface area contributed by atoms with Crippen molar-refractivity contribution < 1.29 is 8.78 Å². The van der Waals surface area contributed by atoms with Crippen molar-refractivity contribution in [3.8, 4) is 11.4 Å². The van der Waals surface area contributed by atoms with Crippen LogP contribution in [0.25, 0.3) is 33.2 Å². The zero-order valence-corrected chi connectivity index (χ0v) is 10.7. The molecule has 2 aromatic rings. The van der Waals surface area contributed by atoms with Crippen LogP contribution >= 0.6 is 0 Å². The van der Waals surface area contributed by atoms with Crippen LogP contribution in [-0.4, -0.2) is 9.55 Å². The molecule has 0 unspecified atom stereocenters. The lowest BCUT2D eigenvalue weighted by atomic mass is 10.1. The number of aryl methyl sites for hydroxylation is 1. The minimum absolute atomic E-state index is 0.244. The van der Waals surface area contributed by atoms with E-state index in [1.165, 1.54) is 6.07 Å². The second kappa shape index (κ2) is 3.76. The van der Waals surface area contributed by atoms with E-state index in [-0.39, 0.29) is 5.39 Å². The van der Waals surface area contributed by atoms with Crippen LogP contribution < -0.4 is 0 Å². The van der Waals surface area contributed by atoms with Gasteiger partial charge in [0.05, 0.1) is 22.3 Å². The molecule has 0 aliphatic carbocycles. The minimum Gasteiger partial charge on any atom is -0.342 e. The van der Waals surface area contributed by atoms with Gasteiger partial charge in [-0.3, -0.25) is 0 Å². The number of benzene rings is 2. The third-order valence-electron chi connectivity index (χ3n) is 3.72. The van der Waals surface area contributed by atoms with Crippen molar-refractivity contribution in [2.75, 3.05) is 0 Å². The summed E-state index contributed by atoms with van der Waals surface area (Å²) in [5.41, 5.74) is 2.73. The highest BCUT2D eigenvalue weighted by Crippen LogP contribution is 2.36. The van der Waals surface area contributed by atoms with Gasteiger partial charge in [-0.25, -0.2) is 13.8 Å². The summed E-state index contributed by atoms with van der Waals surface area (Å²) >= 11 is 0. The first-order valence-corrected chi connectivity index (χ1v) is 6.28. The third kappa shape index (κ3) is 1.33. The Morgan fingerprint density at radius 2 is 1.85 bits per heavy atom. The van der Waals surface area contributed by atoms with Crippen LogP contribution in [0.4, 0.5) is 8.78 Å². The Morgan fingerprint density at radius 3 is 2.70 bits per heavy atom. The SMILES string of the molecule is Cn1c2c3c(F)c(F)ccc3nc-2cc2ccccc21. The monoisotopic (exact) mass is 268 g/mol. The first-order chi connectivity index (χ1) is 9.66. The standard InChI is InChI=1S/C16H10F2N2/c1-20-13-5-3-2-4-9(13)8-12-16(20)14-11(19-12)7-6-10(17)15(14)18/h2-8H,1H3. The predicted octanol–water partition coefficient (Wildman–Crippen LogP) is 4.11. The van der Waals surface area contributed by atoms with E-state index in [1.807, 2.05) is 41.9 Å². The highest BCUT2D eigenvalue weighted by molar-refractivity contribution is 6.00. The van der Waals surface area contributed by atoms with Crippen molar-refractivity contribution in [2.24, 2.45) is 7.05 Å². The lowest BCUT2D eigenvalue weighted by Gasteiger charge is -2.12. The number of halogens is 2. The normalized spacial score (nSPS) is 11.8. The fraction of sp³-hybridized carbons (Fsp3) is 0.0625. The van der Waals surface area contributed by atoms with Gasteiger partial charge in [0.25, 0.3) is 0 Å². The van der Waals surface area contributed by atoms with Crippen LogP contribution in [-0.2, 0) is 7.05 Å². The number of pyridine rings is 1. The molecule has 0 saturated heterocycles. The summed E-state index contributed by atoms with van der Waals surface area (Å²) < 4.78 is 29.5. The predicted molar refractivity (Wildman–Crippen MR) is 74.8 cm³/mol. The smallest absolute Gasteiger partial charge is 0.170 e. The second-order valence-electron chi connectivity index (χ2n) is 4.86. The summed E-state index contributed by atoms with van der Waals surface area (Å²) in [7, 11) is 1.84. The number of aromatic nitrogens is 2. The van der Waals surface area contributed by atoms with Crippen LogP contribution in [0.1, 0.15) is 0 Å². The molecule has 2 heterocycles. The molecular formula is C16H10F2N2. The largest absolute Gasteiger partial charge is 0.342 e. The van der Waals surface area contributed by atoms with E-state index >= 15 is 0 Å². The van der Waals surface area contributed by atoms with Crippen LogP contribution in [0.3, 0.4) is 0 Å². The maximum absolute atomic E-state index is 14.1. The van der Waals surface area contributed by atoms with Crippen molar-refractivity contribution >= 4 is 21.8 Å². The Morgan fingerprint density at radius 1 is 1.05 bits per heavy atom. The molecule has 2 aromatic carbocycles. The van der Waals surface area contributed by atoms with Gasteiger partial charge in [0.15, 0.2) is 11.6 Å². The molecule has 0 spiro atoms. The Hall–Kier alpha value is -2.49. The van der Waals surface area contributed by atoms with E-state index in [2.05, 4.69) is 4.98 Å². The highest BCUT2D eigenvalue weighted by Gasteiger charge is 2.21. The van der Waals surface area contributed by atoms with Crippen LogP contribution in [0, 0.1) is 11.6 Å². The van der Waals surface area contributed by atoms with E-state index in [4.69, 9.17) is 0 Å².